The second kappa shape index (κ2) is 15.7. The summed E-state index contributed by atoms with van der Waals surface area (Å²) in [5.41, 5.74) is 0. The van der Waals surface area contributed by atoms with Gasteiger partial charge in [-0.3, -0.25) is 4.79 Å². The smallest absolute Gasteiger partial charge is 0.254 e. The molecule has 9 heteroatoms. The third-order valence-electron chi connectivity index (χ3n) is 5.36. The SMILES string of the molecule is C#CCOCCOCCOCCOCCOc1cc(C(C(=O)N2CCCC2C)C(C)C)on1. The van der Waals surface area contributed by atoms with E-state index in [2.05, 4.69) is 18.0 Å². The minimum atomic E-state index is -0.358. The molecule has 9 nitrogen and oxygen atoms in total. The van der Waals surface area contributed by atoms with Crippen molar-refractivity contribution in [1.82, 2.24) is 10.1 Å². The van der Waals surface area contributed by atoms with Gasteiger partial charge in [-0.2, -0.15) is 0 Å². The molecule has 2 atom stereocenters. The van der Waals surface area contributed by atoms with E-state index in [1.165, 1.54) is 0 Å². The van der Waals surface area contributed by atoms with Crippen LogP contribution in [0, 0.1) is 18.3 Å². The molecule has 1 aliphatic rings. The van der Waals surface area contributed by atoms with Gasteiger partial charge in [-0.25, -0.2) is 0 Å². The van der Waals surface area contributed by atoms with Crippen LogP contribution in [0.15, 0.2) is 10.6 Å². The standard InChI is InChI=1S/C24H38N2O7/c1-5-9-28-10-11-29-12-13-30-14-15-31-16-17-32-22-18-21(33-25-22)23(19(2)3)24(27)26-8-6-7-20(26)4/h1,18-20,23H,6-17H2,2-4H3. The van der Waals surface area contributed by atoms with Crippen LogP contribution < -0.4 is 4.74 Å². The molecule has 1 aromatic rings. The fourth-order valence-corrected chi connectivity index (χ4v) is 3.66. The summed E-state index contributed by atoms with van der Waals surface area (Å²) in [5, 5.41) is 3.97. The van der Waals surface area contributed by atoms with E-state index in [-0.39, 0.29) is 23.8 Å². The van der Waals surface area contributed by atoms with Crippen molar-refractivity contribution in [2.45, 2.75) is 45.6 Å². The number of likely N-dealkylation sites (tertiary alicyclic amines) is 1. The zero-order valence-electron chi connectivity index (χ0n) is 20.1. The van der Waals surface area contributed by atoms with Crippen molar-refractivity contribution in [3.8, 4) is 18.2 Å². The molecule has 1 fully saturated rings. The van der Waals surface area contributed by atoms with Gasteiger partial charge in [-0.05, 0) is 30.8 Å². The first-order valence-corrected chi connectivity index (χ1v) is 11.7. The number of hydrogen-bond donors (Lipinski definition) is 0. The number of hydrogen-bond acceptors (Lipinski definition) is 8. The molecule has 1 amide bonds. The van der Waals surface area contributed by atoms with Gasteiger partial charge in [0.05, 0.1) is 46.2 Å². The first-order chi connectivity index (χ1) is 16.0. The van der Waals surface area contributed by atoms with E-state index < -0.39 is 0 Å². The van der Waals surface area contributed by atoms with Crippen LogP contribution in [0.4, 0.5) is 0 Å². The number of amides is 1. The molecule has 0 N–H and O–H groups in total. The Balaban J connectivity index is 1.56. The molecule has 1 saturated heterocycles. The molecule has 1 aliphatic heterocycles. The van der Waals surface area contributed by atoms with Crippen LogP contribution in [0.3, 0.4) is 0 Å². The minimum Gasteiger partial charge on any atom is -0.473 e. The predicted octanol–water partition coefficient (Wildman–Crippen LogP) is 2.50. The molecule has 0 radical (unpaired) electrons. The third-order valence-corrected chi connectivity index (χ3v) is 5.36. The van der Waals surface area contributed by atoms with E-state index in [9.17, 15) is 4.79 Å². The fraction of sp³-hybridized carbons (Fsp3) is 0.750. The van der Waals surface area contributed by atoms with Gasteiger partial charge in [0, 0.05) is 18.7 Å². The number of carbonyl (C=O) groups excluding carboxylic acids is 1. The van der Waals surface area contributed by atoms with Crippen molar-refractivity contribution in [1.29, 1.82) is 0 Å². The van der Waals surface area contributed by atoms with Crippen LogP contribution in [-0.4, -0.2) is 88.0 Å². The highest BCUT2D eigenvalue weighted by atomic mass is 16.6. The van der Waals surface area contributed by atoms with Gasteiger partial charge in [0.15, 0.2) is 5.76 Å². The minimum absolute atomic E-state index is 0.0987. The van der Waals surface area contributed by atoms with Crippen LogP contribution in [-0.2, 0) is 23.7 Å². The van der Waals surface area contributed by atoms with Gasteiger partial charge in [0.25, 0.3) is 5.88 Å². The molecular formula is C24H38N2O7. The molecule has 0 aromatic carbocycles. The Morgan fingerprint density at radius 1 is 1.12 bits per heavy atom. The number of rotatable bonds is 17. The highest BCUT2D eigenvalue weighted by Crippen LogP contribution is 2.31. The number of terminal acetylenes is 1. The van der Waals surface area contributed by atoms with Gasteiger partial charge in [0.1, 0.15) is 19.1 Å². The molecule has 0 bridgehead atoms. The summed E-state index contributed by atoms with van der Waals surface area (Å²) < 4.78 is 32.4. The topological polar surface area (TPSA) is 92.5 Å². The number of aromatic nitrogens is 1. The second-order valence-electron chi connectivity index (χ2n) is 8.25. The van der Waals surface area contributed by atoms with E-state index >= 15 is 0 Å². The van der Waals surface area contributed by atoms with Crippen molar-refractivity contribution >= 4 is 5.91 Å². The summed E-state index contributed by atoms with van der Waals surface area (Å²) in [6.45, 7) is 10.8. The maximum atomic E-state index is 13.0. The Bertz CT molecular complexity index is 716. The van der Waals surface area contributed by atoms with Gasteiger partial charge in [-0.15, -0.1) is 6.42 Å². The molecule has 0 saturated carbocycles. The van der Waals surface area contributed by atoms with Crippen molar-refractivity contribution in [3.63, 3.8) is 0 Å². The maximum Gasteiger partial charge on any atom is 0.254 e. The molecule has 0 aliphatic carbocycles. The van der Waals surface area contributed by atoms with E-state index in [1.807, 2.05) is 18.7 Å². The Morgan fingerprint density at radius 3 is 2.27 bits per heavy atom. The van der Waals surface area contributed by atoms with Crippen LogP contribution >= 0.6 is 0 Å². The van der Waals surface area contributed by atoms with Gasteiger partial charge < -0.3 is 33.1 Å². The number of carbonyl (C=O) groups is 1. The first-order valence-electron chi connectivity index (χ1n) is 11.7. The Labute approximate surface area is 197 Å². The second-order valence-corrected chi connectivity index (χ2v) is 8.25. The summed E-state index contributed by atoms with van der Waals surface area (Å²) >= 11 is 0. The highest BCUT2D eigenvalue weighted by molar-refractivity contribution is 5.84. The molecule has 2 rings (SSSR count). The third kappa shape index (κ3) is 9.72. The summed E-state index contributed by atoms with van der Waals surface area (Å²) in [5.74, 6) is 3.14. The molecule has 2 unspecified atom stereocenters. The zero-order chi connectivity index (χ0) is 23.9. The van der Waals surface area contributed by atoms with Crippen molar-refractivity contribution in [2.75, 3.05) is 66.0 Å². The van der Waals surface area contributed by atoms with Crippen molar-refractivity contribution in [3.05, 3.63) is 11.8 Å². The van der Waals surface area contributed by atoms with Crippen LogP contribution in [0.5, 0.6) is 5.88 Å². The number of nitrogens with zero attached hydrogens (tertiary/aromatic N) is 2. The van der Waals surface area contributed by atoms with Crippen LogP contribution in [0.25, 0.3) is 0 Å². The van der Waals surface area contributed by atoms with E-state index in [4.69, 9.17) is 34.6 Å². The Hall–Kier alpha value is -2.12. The van der Waals surface area contributed by atoms with E-state index in [0.717, 1.165) is 19.4 Å². The predicted molar refractivity (Wildman–Crippen MR) is 122 cm³/mol. The average Bonchev–Trinajstić information content (AvgIpc) is 3.42. The molecule has 1 aromatic heterocycles. The molecular weight excluding hydrogens is 428 g/mol. The Kier molecular flexibility index (Phi) is 12.9. The average molecular weight is 467 g/mol. The van der Waals surface area contributed by atoms with Crippen molar-refractivity contribution < 1.29 is 33.0 Å². The first kappa shape index (κ1) is 27.1. The monoisotopic (exact) mass is 466 g/mol. The quantitative estimate of drug-likeness (QED) is 0.255. The molecule has 2 heterocycles. The lowest BCUT2D eigenvalue weighted by Crippen LogP contribution is -2.38. The molecule has 33 heavy (non-hydrogen) atoms. The zero-order valence-corrected chi connectivity index (χ0v) is 20.1. The van der Waals surface area contributed by atoms with Gasteiger partial charge >= 0.3 is 0 Å². The number of ether oxygens (including phenoxy) is 5. The van der Waals surface area contributed by atoms with Crippen LogP contribution in [0.2, 0.25) is 0 Å². The summed E-state index contributed by atoms with van der Waals surface area (Å²) in [6.07, 6.45) is 7.17. The molecule has 186 valence electrons. The Morgan fingerprint density at radius 2 is 1.73 bits per heavy atom. The highest BCUT2D eigenvalue weighted by Gasteiger charge is 2.35. The van der Waals surface area contributed by atoms with E-state index in [1.54, 1.807) is 6.07 Å². The summed E-state index contributed by atoms with van der Waals surface area (Å²) in [7, 11) is 0. The van der Waals surface area contributed by atoms with Crippen LogP contribution in [0.1, 0.15) is 45.3 Å². The normalized spacial score (nSPS) is 16.8. The van der Waals surface area contributed by atoms with E-state index in [0.29, 0.717) is 71.1 Å². The molecule has 0 spiro atoms. The van der Waals surface area contributed by atoms with Crippen molar-refractivity contribution in [2.24, 2.45) is 5.92 Å². The van der Waals surface area contributed by atoms with Gasteiger partial charge in [-0.1, -0.05) is 19.8 Å². The lowest BCUT2D eigenvalue weighted by atomic mass is 9.91. The summed E-state index contributed by atoms with van der Waals surface area (Å²) in [6, 6.07) is 1.98. The summed E-state index contributed by atoms with van der Waals surface area (Å²) in [4.78, 5) is 15.0. The fourth-order valence-electron chi connectivity index (χ4n) is 3.66. The van der Waals surface area contributed by atoms with Gasteiger partial charge in [0.2, 0.25) is 5.91 Å². The lowest BCUT2D eigenvalue weighted by Gasteiger charge is -2.27. The maximum absolute atomic E-state index is 13.0. The lowest BCUT2D eigenvalue weighted by molar-refractivity contribution is -0.134. The largest absolute Gasteiger partial charge is 0.473 e.